The number of unbranched alkanes of at least 4 members (excludes halogenated alkanes) is 4. The molecule has 1 heterocycles. The molecule has 15 heavy (non-hydrogen) atoms. The van der Waals surface area contributed by atoms with Crippen molar-refractivity contribution in [3.63, 3.8) is 0 Å². The van der Waals surface area contributed by atoms with E-state index in [0.29, 0.717) is 6.17 Å². The van der Waals surface area contributed by atoms with Gasteiger partial charge in [-0.05, 0) is 32.1 Å². The Morgan fingerprint density at radius 3 is 2.87 bits per heavy atom. The third kappa shape index (κ3) is 6.45. The number of hydrogen-bond acceptors (Lipinski definition) is 2. The minimum atomic E-state index is 0.417. The molecule has 1 unspecified atom stereocenters. The first-order chi connectivity index (χ1) is 7.43. The fraction of sp³-hybridized carbons (Fsp3) is 0.769. The molecule has 0 fully saturated rings. The van der Waals surface area contributed by atoms with E-state index in [-0.39, 0.29) is 0 Å². The third-order valence-corrected chi connectivity index (χ3v) is 2.70. The van der Waals surface area contributed by atoms with Crippen LogP contribution in [0.3, 0.4) is 0 Å². The fourth-order valence-corrected chi connectivity index (χ4v) is 1.78. The maximum absolute atomic E-state index is 4.34. The van der Waals surface area contributed by atoms with E-state index >= 15 is 0 Å². The molecule has 0 saturated carbocycles. The molecular formula is C13H24N2. The number of nitrogens with one attached hydrogen (secondary N) is 1. The van der Waals surface area contributed by atoms with Crippen molar-refractivity contribution in [2.75, 3.05) is 6.54 Å². The molecule has 0 aromatic rings. The van der Waals surface area contributed by atoms with Crippen molar-refractivity contribution in [1.29, 1.82) is 0 Å². The van der Waals surface area contributed by atoms with E-state index < -0.39 is 0 Å². The summed E-state index contributed by atoms with van der Waals surface area (Å²) in [6.45, 7) is 3.18. The Hall–Kier alpha value is -0.630. The fourth-order valence-electron chi connectivity index (χ4n) is 1.78. The molecule has 1 aliphatic rings. The summed E-state index contributed by atoms with van der Waals surface area (Å²) in [5, 5.41) is 3.34. The molecule has 0 spiro atoms. The second kappa shape index (κ2) is 8.66. The van der Waals surface area contributed by atoms with Gasteiger partial charge in [-0.3, -0.25) is 10.3 Å². The Kier molecular flexibility index (Phi) is 7.18. The summed E-state index contributed by atoms with van der Waals surface area (Å²) < 4.78 is 0. The summed E-state index contributed by atoms with van der Waals surface area (Å²) in [6.07, 6.45) is 16.0. The second-order valence-electron chi connectivity index (χ2n) is 4.15. The van der Waals surface area contributed by atoms with Crippen molar-refractivity contribution in [2.24, 2.45) is 4.99 Å². The molecule has 0 amide bonds. The van der Waals surface area contributed by atoms with Crippen LogP contribution in [0.1, 0.15) is 51.9 Å². The topological polar surface area (TPSA) is 24.4 Å². The highest BCUT2D eigenvalue weighted by molar-refractivity contribution is 5.61. The van der Waals surface area contributed by atoms with Crippen LogP contribution >= 0.6 is 0 Å². The van der Waals surface area contributed by atoms with Gasteiger partial charge in [0.1, 0.15) is 0 Å². The van der Waals surface area contributed by atoms with E-state index in [1.165, 1.54) is 44.9 Å². The quantitative estimate of drug-likeness (QED) is 0.480. The molecule has 0 bridgehead atoms. The maximum atomic E-state index is 4.34. The van der Waals surface area contributed by atoms with E-state index in [4.69, 9.17) is 0 Å². The Morgan fingerprint density at radius 2 is 2.13 bits per heavy atom. The molecule has 2 nitrogen and oxygen atoms in total. The molecule has 1 N–H and O–H groups in total. The van der Waals surface area contributed by atoms with E-state index in [9.17, 15) is 0 Å². The van der Waals surface area contributed by atoms with Crippen LogP contribution in [0.5, 0.6) is 0 Å². The van der Waals surface area contributed by atoms with E-state index in [1.807, 2.05) is 6.21 Å². The summed E-state index contributed by atoms with van der Waals surface area (Å²) in [5.41, 5.74) is 0. The van der Waals surface area contributed by atoms with E-state index in [0.717, 1.165) is 6.54 Å². The van der Waals surface area contributed by atoms with Gasteiger partial charge in [-0.15, -0.1) is 0 Å². The third-order valence-electron chi connectivity index (χ3n) is 2.70. The highest BCUT2D eigenvalue weighted by atomic mass is 15.1. The number of allylic oxidation sites excluding steroid dienone is 2. The predicted molar refractivity (Wildman–Crippen MR) is 67.4 cm³/mol. The highest BCUT2D eigenvalue weighted by Gasteiger charge is 2.07. The molecule has 0 aliphatic carbocycles. The number of hydrogen-bond donors (Lipinski definition) is 1. The normalized spacial score (nSPS) is 20.5. The summed E-state index contributed by atoms with van der Waals surface area (Å²) in [4.78, 5) is 4.34. The minimum Gasteiger partial charge on any atom is -0.291 e. The molecular weight excluding hydrogens is 184 g/mol. The van der Waals surface area contributed by atoms with Crippen LogP contribution in [0.4, 0.5) is 0 Å². The Balaban J connectivity index is 1.82. The van der Waals surface area contributed by atoms with Gasteiger partial charge in [0, 0.05) is 12.8 Å². The predicted octanol–water partition coefficient (Wildman–Crippen LogP) is 3.29. The summed E-state index contributed by atoms with van der Waals surface area (Å²) in [6, 6.07) is 0. The van der Waals surface area contributed by atoms with Gasteiger partial charge in [-0.25, -0.2) is 0 Å². The van der Waals surface area contributed by atoms with Crippen LogP contribution < -0.4 is 5.32 Å². The molecule has 1 aliphatic heterocycles. The lowest BCUT2D eigenvalue weighted by atomic mass is 10.1. The zero-order valence-corrected chi connectivity index (χ0v) is 9.91. The number of rotatable bonds is 8. The van der Waals surface area contributed by atoms with Gasteiger partial charge in [-0.2, -0.15) is 0 Å². The monoisotopic (exact) mass is 208 g/mol. The summed E-state index contributed by atoms with van der Waals surface area (Å²) in [5.74, 6) is 0. The van der Waals surface area contributed by atoms with Gasteiger partial charge < -0.3 is 0 Å². The second-order valence-corrected chi connectivity index (χ2v) is 4.15. The lowest BCUT2D eigenvalue weighted by molar-refractivity contribution is 0.516. The van der Waals surface area contributed by atoms with Crippen molar-refractivity contribution in [2.45, 2.75) is 58.0 Å². The Morgan fingerprint density at radius 1 is 1.27 bits per heavy atom. The molecule has 0 aromatic heterocycles. The Bertz CT molecular complexity index is 197. The largest absolute Gasteiger partial charge is 0.291 e. The van der Waals surface area contributed by atoms with Crippen molar-refractivity contribution in [1.82, 2.24) is 5.32 Å². The van der Waals surface area contributed by atoms with Crippen LogP contribution in [0.25, 0.3) is 0 Å². The Labute approximate surface area is 93.9 Å². The molecule has 0 saturated heterocycles. The zero-order chi connectivity index (χ0) is 10.8. The zero-order valence-electron chi connectivity index (χ0n) is 9.91. The molecule has 2 heteroatoms. The van der Waals surface area contributed by atoms with Gasteiger partial charge in [0.2, 0.25) is 0 Å². The van der Waals surface area contributed by atoms with Crippen LogP contribution in [0.15, 0.2) is 17.1 Å². The van der Waals surface area contributed by atoms with Crippen molar-refractivity contribution in [3.05, 3.63) is 12.2 Å². The van der Waals surface area contributed by atoms with Crippen LogP contribution in [0.2, 0.25) is 0 Å². The summed E-state index contributed by atoms with van der Waals surface area (Å²) >= 11 is 0. The molecule has 1 atom stereocenters. The van der Waals surface area contributed by atoms with Gasteiger partial charge in [0.05, 0.1) is 6.17 Å². The molecule has 1 rings (SSSR count). The first kappa shape index (κ1) is 12.4. The average Bonchev–Trinajstić information content (AvgIpc) is 2.75. The van der Waals surface area contributed by atoms with Crippen molar-refractivity contribution >= 4 is 6.21 Å². The van der Waals surface area contributed by atoms with Gasteiger partial charge in [-0.1, -0.05) is 31.9 Å². The SMILES string of the molecule is CCC/C=C/CCCCCC1N=CCN1. The lowest BCUT2D eigenvalue weighted by Crippen LogP contribution is -2.21. The molecule has 0 aromatic carbocycles. The van der Waals surface area contributed by atoms with Crippen LogP contribution in [-0.4, -0.2) is 18.9 Å². The van der Waals surface area contributed by atoms with E-state index in [1.54, 1.807) is 0 Å². The molecule has 86 valence electrons. The average molecular weight is 208 g/mol. The van der Waals surface area contributed by atoms with Crippen molar-refractivity contribution < 1.29 is 0 Å². The highest BCUT2D eigenvalue weighted by Crippen LogP contribution is 2.08. The lowest BCUT2D eigenvalue weighted by Gasteiger charge is -2.06. The number of nitrogens with zero attached hydrogens (tertiary/aromatic N) is 1. The van der Waals surface area contributed by atoms with E-state index in [2.05, 4.69) is 29.4 Å². The first-order valence-corrected chi connectivity index (χ1v) is 6.33. The van der Waals surface area contributed by atoms with Crippen LogP contribution in [0, 0.1) is 0 Å². The van der Waals surface area contributed by atoms with Gasteiger partial charge in [0.25, 0.3) is 0 Å². The van der Waals surface area contributed by atoms with Gasteiger partial charge in [0.15, 0.2) is 0 Å². The first-order valence-electron chi connectivity index (χ1n) is 6.33. The standard InChI is InChI=1S/C13H24N2/c1-2-3-4-5-6-7-8-9-10-13-14-11-12-15-13/h4-5,11,13,15H,2-3,6-10,12H2,1H3/b5-4+. The number of aliphatic imine (C=N–C) groups is 1. The van der Waals surface area contributed by atoms with Crippen LogP contribution in [-0.2, 0) is 0 Å². The van der Waals surface area contributed by atoms with Crippen molar-refractivity contribution in [3.8, 4) is 0 Å². The van der Waals surface area contributed by atoms with Gasteiger partial charge >= 0.3 is 0 Å². The minimum absolute atomic E-state index is 0.417. The molecule has 0 radical (unpaired) electrons. The summed E-state index contributed by atoms with van der Waals surface area (Å²) in [7, 11) is 0. The smallest absolute Gasteiger partial charge is 0.0993 e. The maximum Gasteiger partial charge on any atom is 0.0993 e.